The predicted molar refractivity (Wildman–Crippen MR) is 109 cm³/mol. The highest BCUT2D eigenvalue weighted by molar-refractivity contribution is 6.04. The van der Waals surface area contributed by atoms with Crippen molar-refractivity contribution in [1.29, 1.82) is 0 Å². The molecule has 2 aromatic heterocycles. The van der Waals surface area contributed by atoms with E-state index in [2.05, 4.69) is 15.3 Å². The number of carbonyl (C=O) groups excluding carboxylic acids is 1. The van der Waals surface area contributed by atoms with Crippen molar-refractivity contribution in [2.24, 2.45) is 0 Å². The summed E-state index contributed by atoms with van der Waals surface area (Å²) in [6, 6.07) is 16.6. The lowest BCUT2D eigenvalue weighted by atomic mass is 10.1. The van der Waals surface area contributed by atoms with Gasteiger partial charge in [-0.25, -0.2) is 9.97 Å². The highest BCUT2D eigenvalue weighted by Gasteiger charge is 2.08. The number of aryl methyl sites for hydroxylation is 1. The van der Waals surface area contributed by atoms with E-state index in [4.69, 9.17) is 4.74 Å². The fraction of sp³-hybridized carbons (Fsp3) is 0.136. The summed E-state index contributed by atoms with van der Waals surface area (Å²) in [4.78, 5) is 21.4. The highest BCUT2D eigenvalue weighted by atomic mass is 16.5. The van der Waals surface area contributed by atoms with Gasteiger partial charge in [0.1, 0.15) is 5.75 Å². The Balaban J connectivity index is 1.48. The van der Waals surface area contributed by atoms with Crippen LogP contribution in [0.3, 0.4) is 0 Å². The first-order chi connectivity index (χ1) is 13.6. The van der Waals surface area contributed by atoms with Crippen LogP contribution in [0.4, 0.5) is 5.69 Å². The molecule has 0 spiro atoms. The maximum absolute atomic E-state index is 12.4. The van der Waals surface area contributed by atoms with E-state index in [0.29, 0.717) is 17.9 Å². The second kappa shape index (κ2) is 7.52. The Morgan fingerprint density at radius 1 is 1.04 bits per heavy atom. The SMILES string of the molecule is CCOc1ccc(C(=O)Nc2ccc(-c3cn4ccc(C)nc4n3)cc2)cc1. The molecule has 2 aromatic carbocycles. The zero-order valence-corrected chi connectivity index (χ0v) is 15.7. The topological polar surface area (TPSA) is 68.5 Å². The van der Waals surface area contributed by atoms with Gasteiger partial charge in [0.05, 0.1) is 12.3 Å². The molecule has 2 heterocycles. The Bertz CT molecular complexity index is 1120. The number of nitrogens with one attached hydrogen (secondary N) is 1. The molecule has 1 amide bonds. The highest BCUT2D eigenvalue weighted by Crippen LogP contribution is 2.21. The third-order valence-corrected chi connectivity index (χ3v) is 4.33. The molecule has 28 heavy (non-hydrogen) atoms. The number of hydrogen-bond acceptors (Lipinski definition) is 4. The number of benzene rings is 2. The standard InChI is InChI=1S/C22H20N4O2/c1-3-28-19-10-6-17(7-11-19)21(27)24-18-8-4-16(5-9-18)20-14-26-13-12-15(2)23-22(26)25-20/h4-14H,3H2,1-2H3,(H,24,27). The van der Waals surface area contributed by atoms with Gasteiger partial charge < -0.3 is 10.1 Å². The normalized spacial score (nSPS) is 10.8. The first kappa shape index (κ1) is 17.7. The minimum Gasteiger partial charge on any atom is -0.494 e. The van der Waals surface area contributed by atoms with E-state index >= 15 is 0 Å². The van der Waals surface area contributed by atoms with Crippen LogP contribution < -0.4 is 10.1 Å². The lowest BCUT2D eigenvalue weighted by Gasteiger charge is -2.07. The number of nitrogens with zero attached hydrogens (tertiary/aromatic N) is 3. The van der Waals surface area contributed by atoms with Gasteiger partial charge in [0.15, 0.2) is 0 Å². The minimum atomic E-state index is -0.164. The summed E-state index contributed by atoms with van der Waals surface area (Å²) >= 11 is 0. The lowest BCUT2D eigenvalue weighted by Crippen LogP contribution is -2.11. The van der Waals surface area contributed by atoms with Gasteiger partial charge in [0.25, 0.3) is 5.91 Å². The van der Waals surface area contributed by atoms with Crippen molar-refractivity contribution in [3.05, 3.63) is 78.2 Å². The Hall–Kier alpha value is -3.67. The zero-order valence-electron chi connectivity index (χ0n) is 15.7. The zero-order chi connectivity index (χ0) is 19.5. The molecule has 0 unspecified atom stereocenters. The van der Waals surface area contributed by atoms with Crippen LogP contribution in [-0.4, -0.2) is 26.9 Å². The van der Waals surface area contributed by atoms with Crippen molar-refractivity contribution in [3.8, 4) is 17.0 Å². The van der Waals surface area contributed by atoms with E-state index in [1.807, 2.05) is 61.0 Å². The van der Waals surface area contributed by atoms with Crippen LogP contribution in [0, 0.1) is 6.92 Å². The second-order valence-electron chi connectivity index (χ2n) is 6.39. The average Bonchev–Trinajstić information content (AvgIpc) is 3.12. The van der Waals surface area contributed by atoms with Gasteiger partial charge in [-0.05, 0) is 56.3 Å². The second-order valence-corrected chi connectivity index (χ2v) is 6.39. The Morgan fingerprint density at radius 3 is 2.50 bits per heavy atom. The van der Waals surface area contributed by atoms with Crippen LogP contribution in [0.5, 0.6) is 5.75 Å². The van der Waals surface area contributed by atoms with Gasteiger partial charge >= 0.3 is 0 Å². The molecule has 1 N–H and O–H groups in total. The monoisotopic (exact) mass is 372 g/mol. The van der Waals surface area contributed by atoms with Crippen molar-refractivity contribution in [2.45, 2.75) is 13.8 Å². The molecule has 0 fully saturated rings. The summed E-state index contributed by atoms with van der Waals surface area (Å²) in [6.07, 6.45) is 3.88. The first-order valence-corrected chi connectivity index (χ1v) is 9.09. The van der Waals surface area contributed by atoms with E-state index in [1.165, 1.54) is 0 Å². The third-order valence-electron chi connectivity index (χ3n) is 4.33. The quantitative estimate of drug-likeness (QED) is 0.565. The predicted octanol–water partition coefficient (Wildman–Crippen LogP) is 4.36. The summed E-state index contributed by atoms with van der Waals surface area (Å²) in [7, 11) is 0. The minimum absolute atomic E-state index is 0.164. The summed E-state index contributed by atoms with van der Waals surface area (Å²) in [6.45, 7) is 4.46. The molecular weight excluding hydrogens is 352 g/mol. The summed E-state index contributed by atoms with van der Waals surface area (Å²) in [5.41, 5.74) is 4.02. The van der Waals surface area contributed by atoms with Crippen LogP contribution in [-0.2, 0) is 0 Å². The Labute approximate surface area is 162 Å². The molecule has 0 bridgehead atoms. The van der Waals surface area contributed by atoms with E-state index < -0.39 is 0 Å². The molecule has 0 aliphatic heterocycles. The maximum atomic E-state index is 12.4. The van der Waals surface area contributed by atoms with Gasteiger partial charge in [0.2, 0.25) is 5.78 Å². The number of amides is 1. The van der Waals surface area contributed by atoms with Gasteiger partial charge in [0, 0.05) is 34.9 Å². The van der Waals surface area contributed by atoms with Crippen molar-refractivity contribution in [1.82, 2.24) is 14.4 Å². The van der Waals surface area contributed by atoms with Crippen molar-refractivity contribution < 1.29 is 9.53 Å². The van der Waals surface area contributed by atoms with Crippen molar-refractivity contribution in [3.63, 3.8) is 0 Å². The number of ether oxygens (including phenoxy) is 1. The van der Waals surface area contributed by atoms with Gasteiger partial charge in [-0.15, -0.1) is 0 Å². The van der Waals surface area contributed by atoms with Crippen LogP contribution in [0.1, 0.15) is 23.0 Å². The Kier molecular flexibility index (Phi) is 4.76. The molecule has 4 rings (SSSR count). The fourth-order valence-electron chi connectivity index (χ4n) is 2.90. The summed E-state index contributed by atoms with van der Waals surface area (Å²) < 4.78 is 7.29. The third kappa shape index (κ3) is 3.71. The smallest absolute Gasteiger partial charge is 0.255 e. The number of hydrogen-bond donors (Lipinski definition) is 1. The maximum Gasteiger partial charge on any atom is 0.255 e. The number of rotatable bonds is 5. The number of aromatic nitrogens is 3. The van der Waals surface area contributed by atoms with Gasteiger partial charge in [-0.1, -0.05) is 12.1 Å². The molecule has 6 nitrogen and oxygen atoms in total. The van der Waals surface area contributed by atoms with Crippen LogP contribution >= 0.6 is 0 Å². The molecule has 0 saturated heterocycles. The van der Waals surface area contributed by atoms with Crippen LogP contribution in [0.2, 0.25) is 0 Å². The van der Waals surface area contributed by atoms with Crippen LogP contribution in [0.15, 0.2) is 67.0 Å². The molecule has 4 aromatic rings. The number of fused-ring (bicyclic) bond motifs is 1. The van der Waals surface area contributed by atoms with Crippen molar-refractivity contribution >= 4 is 17.4 Å². The van der Waals surface area contributed by atoms with E-state index in [1.54, 1.807) is 24.3 Å². The molecule has 0 aliphatic rings. The van der Waals surface area contributed by atoms with Crippen molar-refractivity contribution in [2.75, 3.05) is 11.9 Å². The molecular formula is C22H20N4O2. The molecule has 0 aliphatic carbocycles. The average molecular weight is 372 g/mol. The first-order valence-electron chi connectivity index (χ1n) is 9.09. The number of imidazole rings is 1. The summed E-state index contributed by atoms with van der Waals surface area (Å²) in [5.74, 6) is 1.26. The molecule has 6 heteroatoms. The number of carbonyl (C=O) groups is 1. The lowest BCUT2D eigenvalue weighted by molar-refractivity contribution is 0.102. The largest absolute Gasteiger partial charge is 0.494 e. The molecule has 140 valence electrons. The van der Waals surface area contributed by atoms with Gasteiger partial charge in [-0.3, -0.25) is 9.20 Å². The molecule has 0 atom stereocenters. The molecule has 0 radical (unpaired) electrons. The summed E-state index contributed by atoms with van der Waals surface area (Å²) in [5, 5.41) is 2.90. The van der Waals surface area contributed by atoms with E-state index in [0.717, 1.165) is 28.4 Å². The van der Waals surface area contributed by atoms with Crippen LogP contribution in [0.25, 0.3) is 17.0 Å². The number of anilines is 1. The molecule has 0 saturated carbocycles. The van der Waals surface area contributed by atoms with E-state index in [9.17, 15) is 4.79 Å². The van der Waals surface area contributed by atoms with E-state index in [-0.39, 0.29) is 5.91 Å². The van der Waals surface area contributed by atoms with Gasteiger partial charge in [-0.2, -0.15) is 0 Å². The fourth-order valence-corrected chi connectivity index (χ4v) is 2.90. The Morgan fingerprint density at radius 2 is 1.79 bits per heavy atom.